The van der Waals surface area contributed by atoms with Crippen molar-refractivity contribution in [2.75, 3.05) is 26.1 Å². The first-order valence-corrected chi connectivity index (χ1v) is 8.20. The van der Waals surface area contributed by atoms with Crippen LogP contribution in [0.1, 0.15) is 11.6 Å². The van der Waals surface area contributed by atoms with E-state index in [1.165, 1.54) is 4.90 Å². The number of cyclic esters (lactones) is 1. The van der Waals surface area contributed by atoms with Crippen LogP contribution in [-0.4, -0.2) is 43.0 Å². The lowest BCUT2D eigenvalue weighted by Gasteiger charge is -2.20. The largest absolute Gasteiger partial charge is 0.446 e. The van der Waals surface area contributed by atoms with Gasteiger partial charge < -0.3 is 4.74 Å². The Morgan fingerprint density at radius 1 is 1.39 bits per heavy atom. The molecule has 2 amide bonds. The third-order valence-corrected chi connectivity index (χ3v) is 3.68. The Balaban J connectivity index is 2.20. The van der Waals surface area contributed by atoms with E-state index in [9.17, 15) is 9.59 Å². The standard InChI is InChI=1S/C13H16NO3P/c1-18(2)9-12(15)14-11(8-17-13(14)16)10-6-4-3-5-7-10/h3-7,11H,8-9H2,1-2H3/t11-/m0/s1. The molecule has 5 heteroatoms. The fourth-order valence-corrected chi connectivity index (χ4v) is 2.66. The minimum Gasteiger partial charge on any atom is -0.446 e. The van der Waals surface area contributed by atoms with Crippen LogP contribution in [0.15, 0.2) is 30.3 Å². The molecule has 1 fully saturated rings. The summed E-state index contributed by atoms with van der Waals surface area (Å²) in [6, 6.07) is 9.24. The van der Waals surface area contributed by atoms with Crippen molar-refractivity contribution in [2.24, 2.45) is 0 Å². The van der Waals surface area contributed by atoms with E-state index >= 15 is 0 Å². The molecule has 4 nitrogen and oxygen atoms in total. The van der Waals surface area contributed by atoms with E-state index in [1.807, 2.05) is 43.7 Å². The minimum absolute atomic E-state index is 0.137. The normalized spacial score (nSPS) is 19.2. The second kappa shape index (κ2) is 5.49. The number of hydrogen-bond donors (Lipinski definition) is 0. The van der Waals surface area contributed by atoms with Gasteiger partial charge in [-0.3, -0.25) is 4.79 Å². The lowest BCUT2D eigenvalue weighted by atomic mass is 10.1. The predicted octanol–water partition coefficient (Wildman–Crippen LogP) is 2.45. The van der Waals surface area contributed by atoms with Gasteiger partial charge in [-0.1, -0.05) is 30.3 Å². The van der Waals surface area contributed by atoms with E-state index < -0.39 is 6.09 Å². The van der Waals surface area contributed by atoms with Gasteiger partial charge in [0.05, 0.1) is 0 Å². The summed E-state index contributed by atoms with van der Waals surface area (Å²) in [6.45, 7) is 4.29. The molecule has 1 atom stereocenters. The van der Waals surface area contributed by atoms with Crippen LogP contribution in [0.25, 0.3) is 0 Å². The molecule has 0 aromatic heterocycles. The molecule has 18 heavy (non-hydrogen) atoms. The number of hydrogen-bond acceptors (Lipinski definition) is 3. The van der Waals surface area contributed by atoms with Gasteiger partial charge in [0, 0.05) is 6.16 Å². The number of nitrogens with zero attached hydrogens (tertiary/aromatic N) is 1. The maximum atomic E-state index is 12.1. The summed E-state index contributed by atoms with van der Waals surface area (Å²) in [4.78, 5) is 25.0. The van der Waals surface area contributed by atoms with Crippen LogP contribution in [-0.2, 0) is 9.53 Å². The number of ether oxygens (including phenoxy) is 1. The van der Waals surface area contributed by atoms with Gasteiger partial charge in [0.1, 0.15) is 12.6 Å². The Labute approximate surface area is 108 Å². The third-order valence-electron chi connectivity index (χ3n) is 2.78. The molecule has 0 N–H and O–H groups in total. The molecule has 2 rings (SSSR count). The SMILES string of the molecule is CP(C)CC(=O)N1C(=O)OC[C@H]1c1ccccc1. The molecule has 0 spiro atoms. The lowest BCUT2D eigenvalue weighted by molar-refractivity contribution is -0.126. The van der Waals surface area contributed by atoms with E-state index in [1.54, 1.807) is 0 Å². The van der Waals surface area contributed by atoms with Crippen LogP contribution in [0.4, 0.5) is 4.79 Å². The van der Waals surface area contributed by atoms with E-state index in [4.69, 9.17) is 4.74 Å². The summed E-state index contributed by atoms with van der Waals surface area (Å²) in [6.07, 6.45) is -0.0981. The quantitative estimate of drug-likeness (QED) is 0.789. The molecular weight excluding hydrogens is 249 g/mol. The summed E-state index contributed by atoms with van der Waals surface area (Å²) in [7, 11) is -0.362. The highest BCUT2D eigenvalue weighted by Gasteiger charge is 2.38. The van der Waals surface area contributed by atoms with Crippen molar-refractivity contribution in [3.05, 3.63) is 35.9 Å². The number of benzene rings is 1. The predicted molar refractivity (Wildman–Crippen MR) is 71.0 cm³/mol. The van der Waals surface area contributed by atoms with Gasteiger partial charge in [-0.05, 0) is 18.9 Å². The van der Waals surface area contributed by atoms with Crippen molar-refractivity contribution < 1.29 is 14.3 Å². The number of carbonyl (C=O) groups is 2. The van der Waals surface area contributed by atoms with Crippen LogP contribution >= 0.6 is 7.92 Å². The molecule has 1 aliphatic rings. The molecule has 0 bridgehead atoms. The fourth-order valence-electron chi connectivity index (χ4n) is 1.96. The highest BCUT2D eigenvalue weighted by molar-refractivity contribution is 7.56. The summed E-state index contributed by atoms with van der Waals surface area (Å²) in [5, 5.41) is 0. The molecule has 0 unspecified atom stereocenters. The highest BCUT2D eigenvalue weighted by atomic mass is 31.1. The second-order valence-corrected chi connectivity index (χ2v) is 6.98. The van der Waals surface area contributed by atoms with Gasteiger partial charge in [-0.2, -0.15) is 0 Å². The lowest BCUT2D eigenvalue weighted by Crippen LogP contribution is -2.35. The van der Waals surface area contributed by atoms with Crippen molar-refractivity contribution in [2.45, 2.75) is 6.04 Å². The van der Waals surface area contributed by atoms with E-state index in [0.717, 1.165) is 5.56 Å². The van der Waals surface area contributed by atoms with Crippen LogP contribution in [0.3, 0.4) is 0 Å². The van der Waals surface area contributed by atoms with E-state index in [-0.39, 0.29) is 26.5 Å². The first-order chi connectivity index (χ1) is 8.59. The zero-order valence-corrected chi connectivity index (χ0v) is 11.4. The highest BCUT2D eigenvalue weighted by Crippen LogP contribution is 2.31. The molecule has 0 radical (unpaired) electrons. The summed E-state index contributed by atoms with van der Waals surface area (Å²) in [5.41, 5.74) is 0.938. The molecule has 0 saturated carbocycles. The topological polar surface area (TPSA) is 46.6 Å². The minimum atomic E-state index is -0.522. The van der Waals surface area contributed by atoms with Crippen LogP contribution in [0.2, 0.25) is 0 Å². The molecule has 1 aromatic carbocycles. The molecule has 96 valence electrons. The smallest absolute Gasteiger partial charge is 0.417 e. The van der Waals surface area contributed by atoms with Gasteiger partial charge >= 0.3 is 6.09 Å². The Hall–Kier alpha value is -1.41. The van der Waals surface area contributed by atoms with Crippen molar-refractivity contribution >= 4 is 19.9 Å². The summed E-state index contributed by atoms with van der Waals surface area (Å²) in [5.74, 6) is -0.137. The van der Waals surface area contributed by atoms with Crippen LogP contribution in [0, 0.1) is 0 Å². The van der Waals surface area contributed by atoms with Crippen molar-refractivity contribution in [1.29, 1.82) is 0 Å². The summed E-state index contributed by atoms with van der Waals surface area (Å²) < 4.78 is 5.01. The second-order valence-electron chi connectivity index (χ2n) is 4.50. The first kappa shape index (κ1) is 13.0. The zero-order valence-electron chi connectivity index (χ0n) is 10.5. The molecule has 1 aromatic rings. The van der Waals surface area contributed by atoms with Crippen LogP contribution in [0.5, 0.6) is 0 Å². The van der Waals surface area contributed by atoms with Gasteiger partial charge in [-0.15, -0.1) is 7.92 Å². The van der Waals surface area contributed by atoms with Crippen molar-refractivity contribution in [1.82, 2.24) is 4.90 Å². The molecule has 1 heterocycles. The van der Waals surface area contributed by atoms with Gasteiger partial charge in [0.25, 0.3) is 0 Å². The Morgan fingerprint density at radius 3 is 2.67 bits per heavy atom. The maximum absolute atomic E-state index is 12.1. The Morgan fingerprint density at radius 2 is 2.06 bits per heavy atom. The number of amides is 2. The monoisotopic (exact) mass is 265 g/mol. The summed E-state index contributed by atoms with van der Waals surface area (Å²) >= 11 is 0. The average Bonchev–Trinajstić information content (AvgIpc) is 2.71. The molecular formula is C13H16NO3P. The van der Waals surface area contributed by atoms with Gasteiger partial charge in [0.2, 0.25) is 5.91 Å². The maximum Gasteiger partial charge on any atom is 0.417 e. The van der Waals surface area contributed by atoms with Gasteiger partial charge in [0.15, 0.2) is 0 Å². The van der Waals surface area contributed by atoms with Crippen molar-refractivity contribution in [3.8, 4) is 0 Å². The molecule has 0 aliphatic carbocycles. The Bertz CT molecular complexity index is 447. The fraction of sp³-hybridized carbons (Fsp3) is 0.385. The Kier molecular flexibility index (Phi) is 3.97. The third kappa shape index (κ3) is 2.70. The first-order valence-electron chi connectivity index (χ1n) is 5.78. The number of carbonyl (C=O) groups excluding carboxylic acids is 2. The van der Waals surface area contributed by atoms with E-state index in [2.05, 4.69) is 0 Å². The number of rotatable bonds is 3. The molecule has 1 saturated heterocycles. The van der Waals surface area contributed by atoms with Crippen LogP contribution < -0.4 is 0 Å². The molecule has 1 aliphatic heterocycles. The van der Waals surface area contributed by atoms with E-state index in [0.29, 0.717) is 6.16 Å². The van der Waals surface area contributed by atoms with Crippen molar-refractivity contribution in [3.63, 3.8) is 0 Å². The number of imide groups is 1. The van der Waals surface area contributed by atoms with Gasteiger partial charge in [-0.25, -0.2) is 9.69 Å². The zero-order chi connectivity index (χ0) is 13.1. The average molecular weight is 265 g/mol.